The molecule has 21 heavy (non-hydrogen) atoms. The Balaban J connectivity index is 2.02. The van der Waals surface area contributed by atoms with E-state index in [0.29, 0.717) is 12.2 Å². The molecule has 0 saturated heterocycles. The first-order valence-corrected chi connectivity index (χ1v) is 6.61. The lowest BCUT2D eigenvalue weighted by molar-refractivity contribution is -0.135. The van der Waals surface area contributed by atoms with Crippen LogP contribution in [0.3, 0.4) is 0 Å². The number of hydrogen-bond donors (Lipinski definition) is 0. The van der Waals surface area contributed by atoms with Crippen molar-refractivity contribution in [2.45, 2.75) is 12.9 Å². The molecule has 0 amide bonds. The minimum absolute atomic E-state index is 0.360. The molecule has 0 saturated carbocycles. The lowest BCUT2D eigenvalue weighted by Gasteiger charge is -2.17. The Hall–Kier alpha value is -2.17. The standard InChI is InChI=1S/C17H18O4/c1-19-16(18)14-8-10-15(11-9-14)17(20-2)21-12-13-6-4-3-5-7-13/h3-11,17H,12H2,1-2H3. The molecule has 2 aromatic carbocycles. The highest BCUT2D eigenvalue weighted by Gasteiger charge is 2.12. The number of hydrogen-bond acceptors (Lipinski definition) is 4. The third-order valence-corrected chi connectivity index (χ3v) is 3.06. The van der Waals surface area contributed by atoms with Gasteiger partial charge in [0.2, 0.25) is 0 Å². The van der Waals surface area contributed by atoms with Crippen LogP contribution in [-0.2, 0) is 20.8 Å². The van der Waals surface area contributed by atoms with Gasteiger partial charge < -0.3 is 14.2 Å². The van der Waals surface area contributed by atoms with Crippen LogP contribution in [0.2, 0.25) is 0 Å². The molecule has 0 radical (unpaired) electrons. The maximum atomic E-state index is 11.4. The third kappa shape index (κ3) is 4.15. The lowest BCUT2D eigenvalue weighted by atomic mass is 10.1. The molecule has 0 N–H and O–H groups in total. The summed E-state index contributed by atoms with van der Waals surface area (Å²) in [4.78, 5) is 11.4. The molecular formula is C17H18O4. The highest BCUT2D eigenvalue weighted by atomic mass is 16.7. The van der Waals surface area contributed by atoms with E-state index in [1.165, 1.54) is 7.11 Å². The van der Waals surface area contributed by atoms with Crippen molar-refractivity contribution >= 4 is 5.97 Å². The predicted molar refractivity (Wildman–Crippen MR) is 78.8 cm³/mol. The number of benzene rings is 2. The predicted octanol–water partition coefficient (Wildman–Crippen LogP) is 3.34. The van der Waals surface area contributed by atoms with Gasteiger partial charge in [0.05, 0.1) is 19.3 Å². The van der Waals surface area contributed by atoms with Crippen LogP contribution in [0.1, 0.15) is 27.8 Å². The fourth-order valence-corrected chi connectivity index (χ4v) is 1.94. The molecule has 0 aliphatic carbocycles. The molecule has 0 bridgehead atoms. The topological polar surface area (TPSA) is 44.8 Å². The van der Waals surface area contributed by atoms with Gasteiger partial charge >= 0.3 is 5.97 Å². The van der Waals surface area contributed by atoms with Gasteiger partial charge in [0.15, 0.2) is 6.29 Å². The minimum Gasteiger partial charge on any atom is -0.465 e. The van der Waals surface area contributed by atoms with E-state index in [9.17, 15) is 4.79 Å². The van der Waals surface area contributed by atoms with Gasteiger partial charge in [0.1, 0.15) is 0 Å². The summed E-state index contributed by atoms with van der Waals surface area (Å²) in [7, 11) is 2.95. The Labute approximate surface area is 124 Å². The van der Waals surface area contributed by atoms with Crippen LogP contribution >= 0.6 is 0 Å². The van der Waals surface area contributed by atoms with Crippen molar-refractivity contribution in [3.05, 3.63) is 71.3 Å². The molecule has 0 fully saturated rings. The van der Waals surface area contributed by atoms with E-state index in [1.54, 1.807) is 31.4 Å². The van der Waals surface area contributed by atoms with E-state index in [0.717, 1.165) is 11.1 Å². The van der Waals surface area contributed by atoms with E-state index >= 15 is 0 Å². The normalized spacial score (nSPS) is 11.9. The van der Waals surface area contributed by atoms with Gasteiger partial charge in [-0.3, -0.25) is 0 Å². The summed E-state index contributed by atoms with van der Waals surface area (Å²) in [6.07, 6.45) is -0.475. The van der Waals surface area contributed by atoms with Gasteiger partial charge in [-0.2, -0.15) is 0 Å². The van der Waals surface area contributed by atoms with E-state index in [-0.39, 0.29) is 5.97 Å². The zero-order chi connectivity index (χ0) is 15.1. The lowest BCUT2D eigenvalue weighted by Crippen LogP contribution is -2.08. The van der Waals surface area contributed by atoms with Crippen LogP contribution < -0.4 is 0 Å². The molecule has 0 aliphatic heterocycles. The van der Waals surface area contributed by atoms with Gasteiger partial charge in [-0.15, -0.1) is 0 Å². The largest absolute Gasteiger partial charge is 0.465 e. The molecule has 0 spiro atoms. The zero-order valence-corrected chi connectivity index (χ0v) is 12.1. The highest BCUT2D eigenvalue weighted by molar-refractivity contribution is 5.89. The van der Waals surface area contributed by atoms with Crippen LogP contribution in [0.25, 0.3) is 0 Å². The summed E-state index contributed by atoms with van der Waals surface area (Å²) >= 11 is 0. The SMILES string of the molecule is COC(=O)c1ccc(C(OC)OCc2ccccc2)cc1. The zero-order valence-electron chi connectivity index (χ0n) is 12.1. The second kappa shape index (κ2) is 7.57. The maximum Gasteiger partial charge on any atom is 0.337 e. The van der Waals surface area contributed by atoms with Crippen molar-refractivity contribution in [3.63, 3.8) is 0 Å². The van der Waals surface area contributed by atoms with E-state index in [2.05, 4.69) is 4.74 Å². The monoisotopic (exact) mass is 286 g/mol. The summed E-state index contributed by atoms with van der Waals surface area (Å²) in [5.41, 5.74) is 2.42. The van der Waals surface area contributed by atoms with Crippen molar-refractivity contribution in [1.82, 2.24) is 0 Å². The number of esters is 1. The first-order chi connectivity index (χ1) is 10.2. The van der Waals surface area contributed by atoms with Crippen molar-refractivity contribution in [2.24, 2.45) is 0 Å². The van der Waals surface area contributed by atoms with Gasteiger partial charge in [0, 0.05) is 12.7 Å². The van der Waals surface area contributed by atoms with Crippen molar-refractivity contribution < 1.29 is 19.0 Å². The quantitative estimate of drug-likeness (QED) is 0.603. The van der Waals surface area contributed by atoms with E-state index in [4.69, 9.17) is 9.47 Å². The molecule has 0 aromatic heterocycles. The smallest absolute Gasteiger partial charge is 0.337 e. The van der Waals surface area contributed by atoms with Crippen LogP contribution in [0, 0.1) is 0 Å². The molecule has 2 aromatic rings. The average molecular weight is 286 g/mol. The Morgan fingerprint density at radius 2 is 1.67 bits per heavy atom. The van der Waals surface area contributed by atoms with Crippen molar-refractivity contribution in [1.29, 1.82) is 0 Å². The van der Waals surface area contributed by atoms with Crippen LogP contribution in [0.4, 0.5) is 0 Å². The Kier molecular flexibility index (Phi) is 5.49. The second-order valence-corrected chi connectivity index (χ2v) is 4.48. The summed E-state index contributed by atoms with van der Waals surface area (Å²) in [5.74, 6) is -0.360. The van der Waals surface area contributed by atoms with Crippen LogP contribution in [0.5, 0.6) is 0 Å². The number of ether oxygens (including phenoxy) is 3. The molecule has 4 nitrogen and oxygen atoms in total. The van der Waals surface area contributed by atoms with Crippen LogP contribution in [0.15, 0.2) is 54.6 Å². The number of carbonyl (C=O) groups excluding carboxylic acids is 1. The van der Waals surface area contributed by atoms with E-state index in [1.807, 2.05) is 30.3 Å². The van der Waals surface area contributed by atoms with Gasteiger partial charge in [0.25, 0.3) is 0 Å². The minimum atomic E-state index is -0.475. The molecule has 1 unspecified atom stereocenters. The summed E-state index contributed by atoms with van der Waals surface area (Å²) in [6.45, 7) is 0.456. The maximum absolute atomic E-state index is 11.4. The fraction of sp³-hybridized carbons (Fsp3) is 0.235. The first kappa shape index (κ1) is 15.2. The molecule has 2 rings (SSSR count). The second-order valence-electron chi connectivity index (χ2n) is 4.48. The third-order valence-electron chi connectivity index (χ3n) is 3.06. The summed E-state index contributed by atoms with van der Waals surface area (Å²) < 4.78 is 15.8. The Morgan fingerprint density at radius 3 is 2.24 bits per heavy atom. The Morgan fingerprint density at radius 1 is 1.00 bits per heavy atom. The van der Waals surface area contributed by atoms with Crippen LogP contribution in [-0.4, -0.2) is 20.2 Å². The van der Waals surface area contributed by atoms with Gasteiger partial charge in [-0.1, -0.05) is 42.5 Å². The molecule has 0 aliphatic rings. The first-order valence-electron chi connectivity index (χ1n) is 6.61. The fourth-order valence-electron chi connectivity index (χ4n) is 1.94. The molecule has 110 valence electrons. The van der Waals surface area contributed by atoms with Crippen molar-refractivity contribution in [2.75, 3.05) is 14.2 Å². The Bertz CT molecular complexity index is 563. The highest BCUT2D eigenvalue weighted by Crippen LogP contribution is 2.20. The molecule has 1 atom stereocenters. The summed E-state index contributed by atoms with van der Waals surface area (Å²) in [6, 6.07) is 16.9. The van der Waals surface area contributed by atoms with E-state index < -0.39 is 6.29 Å². The molecule has 0 heterocycles. The van der Waals surface area contributed by atoms with Crippen molar-refractivity contribution in [3.8, 4) is 0 Å². The summed E-state index contributed by atoms with van der Waals surface area (Å²) in [5, 5.41) is 0. The number of carbonyl (C=O) groups is 1. The average Bonchev–Trinajstić information content (AvgIpc) is 2.56. The molecular weight excluding hydrogens is 268 g/mol. The molecule has 4 heteroatoms. The number of methoxy groups -OCH3 is 2. The van der Waals surface area contributed by atoms with Gasteiger partial charge in [-0.05, 0) is 17.7 Å². The van der Waals surface area contributed by atoms with Gasteiger partial charge in [-0.25, -0.2) is 4.79 Å². The number of rotatable bonds is 6.